The molecule has 0 unspecified atom stereocenters. The van der Waals surface area contributed by atoms with E-state index in [1.54, 1.807) is 0 Å². The molecule has 7 heavy (non-hydrogen) atoms. The Balaban J connectivity index is 3.15. The molecule has 3 nitrogen and oxygen atoms in total. The van der Waals surface area contributed by atoms with Crippen molar-refractivity contribution in [1.29, 1.82) is 0 Å². The Hall–Kier alpha value is -0.120. The zero-order valence-corrected chi connectivity index (χ0v) is 4.68. The highest BCUT2D eigenvalue weighted by molar-refractivity contribution is 4.25. The van der Waals surface area contributed by atoms with Crippen molar-refractivity contribution in [3.05, 3.63) is 5.21 Å². The van der Waals surface area contributed by atoms with Crippen LogP contribution in [0.4, 0.5) is 0 Å². The molecule has 3 heteroatoms. The highest BCUT2D eigenvalue weighted by Crippen LogP contribution is 1.87. The van der Waals surface area contributed by atoms with Crippen LogP contribution >= 0.6 is 0 Å². The third-order valence-electron chi connectivity index (χ3n) is 0.630. The van der Waals surface area contributed by atoms with Crippen LogP contribution < -0.4 is 0 Å². The Bertz CT molecular complexity index is 48.1. The lowest BCUT2D eigenvalue weighted by atomic mass is 10.6. The number of hydroxylamine groups is 3. The van der Waals surface area contributed by atoms with Crippen molar-refractivity contribution in [2.75, 3.05) is 27.2 Å². The van der Waals surface area contributed by atoms with E-state index in [9.17, 15) is 10.3 Å². The number of hydrogen-bond acceptors (Lipinski definition) is 1. The fourth-order valence-corrected chi connectivity index (χ4v) is 0.220. The minimum absolute atomic E-state index is 0.167. The van der Waals surface area contributed by atoms with Gasteiger partial charge in [0.15, 0.2) is 0 Å². The molecule has 0 spiro atoms. The first-order valence-corrected chi connectivity index (χ1v) is 2.18. The van der Waals surface area contributed by atoms with Gasteiger partial charge < -0.3 is 9.85 Å². The van der Waals surface area contributed by atoms with Crippen LogP contribution in [0.15, 0.2) is 0 Å². The van der Waals surface area contributed by atoms with Gasteiger partial charge in [0, 0.05) is 0 Å². The van der Waals surface area contributed by atoms with Crippen LogP contribution in [0.5, 0.6) is 0 Å². The molecule has 0 heterocycles. The van der Waals surface area contributed by atoms with Gasteiger partial charge in [-0.1, -0.05) is 0 Å². The van der Waals surface area contributed by atoms with Crippen LogP contribution in [0.1, 0.15) is 0 Å². The summed E-state index contributed by atoms with van der Waals surface area (Å²) in [6.45, 7) is -0.115. The van der Waals surface area contributed by atoms with E-state index in [4.69, 9.17) is 0 Å². The summed E-state index contributed by atoms with van der Waals surface area (Å²) in [5.41, 5.74) is 0. The van der Waals surface area contributed by atoms with Crippen LogP contribution in [0, 0.1) is 5.21 Å². The topological polar surface area (TPSA) is 43.0 Å². The molecular weight excluding hydrogens is 94.0 g/mol. The molecule has 1 radical (unpaired) electrons. The number of rotatable bonds is 2. The molecule has 0 rings (SSSR count). The molecule has 0 aromatic rings. The largest absolute Gasteiger partial charge is 0.633 e. The zero-order chi connectivity index (χ0) is 5.91. The first-order valence-electron chi connectivity index (χ1n) is 2.18. The van der Waals surface area contributed by atoms with Crippen molar-refractivity contribution in [1.82, 2.24) is 0 Å². The van der Waals surface area contributed by atoms with E-state index >= 15 is 0 Å². The molecule has 0 fully saturated rings. The fourth-order valence-electron chi connectivity index (χ4n) is 0.220. The summed E-state index contributed by atoms with van der Waals surface area (Å²) in [5.74, 6) is 0. The number of hydrogen-bond donors (Lipinski definition) is 0. The van der Waals surface area contributed by atoms with Gasteiger partial charge in [-0.2, -0.15) is 0 Å². The maximum Gasteiger partial charge on any atom is 0.131 e. The first kappa shape index (κ1) is 6.88. The lowest BCUT2D eigenvalue weighted by Crippen LogP contribution is -2.34. The Labute approximate surface area is 43.3 Å². The van der Waals surface area contributed by atoms with Crippen molar-refractivity contribution in [3.63, 3.8) is 0 Å². The van der Waals surface area contributed by atoms with Crippen LogP contribution in [0.3, 0.4) is 0 Å². The molecule has 0 N–H and O–H groups in total. The standard InChI is InChI=1S/C4H10NO2/c1-5(2,7)3-4-6/h3-4H2,1-2H3. The first-order chi connectivity index (χ1) is 3.06. The number of likely N-dealkylation sites (N-methyl/N-ethyl adjacent to an activating group) is 1. The fraction of sp³-hybridized carbons (Fsp3) is 1.00. The van der Waals surface area contributed by atoms with Gasteiger partial charge >= 0.3 is 0 Å². The van der Waals surface area contributed by atoms with Crippen molar-refractivity contribution in [2.24, 2.45) is 0 Å². The Kier molecular flexibility index (Phi) is 2.22. The molecule has 0 aliphatic rings. The molecule has 0 amide bonds. The average Bonchev–Trinajstić information content (AvgIpc) is 1.30. The third-order valence-corrected chi connectivity index (χ3v) is 0.630. The van der Waals surface area contributed by atoms with Crippen molar-refractivity contribution in [3.8, 4) is 0 Å². The second-order valence-corrected chi connectivity index (χ2v) is 2.00. The monoisotopic (exact) mass is 104 g/mol. The predicted octanol–water partition coefficient (Wildman–Crippen LogP) is -0.00890. The van der Waals surface area contributed by atoms with Crippen molar-refractivity contribution in [2.45, 2.75) is 0 Å². The normalized spacial score (nSPS) is 12.0. The molecule has 0 aromatic carbocycles. The van der Waals surface area contributed by atoms with Gasteiger partial charge in [0.05, 0.1) is 14.1 Å². The van der Waals surface area contributed by atoms with Crippen LogP contribution in [-0.4, -0.2) is 31.9 Å². The maximum atomic E-state index is 10.4. The smallest absolute Gasteiger partial charge is 0.131 e. The number of nitrogens with zero attached hydrogens (tertiary/aromatic N) is 1. The van der Waals surface area contributed by atoms with Crippen LogP contribution in [0.2, 0.25) is 0 Å². The highest BCUT2D eigenvalue weighted by atomic mass is 16.5. The molecule has 0 aromatic heterocycles. The molecule has 0 aliphatic heterocycles. The lowest BCUT2D eigenvalue weighted by molar-refractivity contribution is -0.840. The molecule has 0 aliphatic carbocycles. The van der Waals surface area contributed by atoms with E-state index in [2.05, 4.69) is 0 Å². The average molecular weight is 104 g/mol. The summed E-state index contributed by atoms with van der Waals surface area (Å²) < 4.78 is -0.469. The van der Waals surface area contributed by atoms with Gasteiger partial charge in [0.25, 0.3) is 0 Å². The number of quaternary nitrogens is 1. The minimum Gasteiger partial charge on any atom is -0.633 e. The summed E-state index contributed by atoms with van der Waals surface area (Å²) in [5, 5.41) is 20.2. The van der Waals surface area contributed by atoms with Gasteiger partial charge in [0.2, 0.25) is 0 Å². The lowest BCUT2D eigenvalue weighted by Gasteiger charge is -2.32. The van der Waals surface area contributed by atoms with E-state index in [0.717, 1.165) is 0 Å². The molecule has 0 saturated carbocycles. The summed E-state index contributed by atoms with van der Waals surface area (Å²) in [6.07, 6.45) is 0. The maximum absolute atomic E-state index is 10.4. The molecule has 0 saturated heterocycles. The van der Waals surface area contributed by atoms with E-state index in [1.807, 2.05) is 0 Å². The summed E-state index contributed by atoms with van der Waals surface area (Å²) >= 11 is 0. The summed E-state index contributed by atoms with van der Waals surface area (Å²) in [7, 11) is 2.91. The molecule has 0 bridgehead atoms. The van der Waals surface area contributed by atoms with Gasteiger partial charge in [-0.05, 0) is 0 Å². The van der Waals surface area contributed by atoms with E-state index in [1.165, 1.54) is 14.1 Å². The highest BCUT2D eigenvalue weighted by Gasteiger charge is 1.96. The molecular formula is C4H10NO2. The predicted molar refractivity (Wildman–Crippen MR) is 25.9 cm³/mol. The van der Waals surface area contributed by atoms with E-state index in [0.29, 0.717) is 0 Å². The minimum atomic E-state index is -0.469. The third kappa shape index (κ3) is 5.88. The molecule has 43 valence electrons. The SMILES string of the molecule is C[N+](C)([O-])CC[O]. The van der Waals surface area contributed by atoms with Gasteiger partial charge in [-0.25, -0.2) is 5.11 Å². The molecule has 0 atom stereocenters. The van der Waals surface area contributed by atoms with Crippen molar-refractivity contribution < 1.29 is 9.75 Å². The zero-order valence-electron chi connectivity index (χ0n) is 4.68. The Morgan fingerprint density at radius 3 is 2.00 bits per heavy atom. The van der Waals surface area contributed by atoms with Crippen LogP contribution in [0.25, 0.3) is 0 Å². The van der Waals surface area contributed by atoms with Gasteiger partial charge in [-0.15, -0.1) is 0 Å². The van der Waals surface area contributed by atoms with Gasteiger partial charge in [-0.3, -0.25) is 0 Å². The Morgan fingerprint density at radius 2 is 2.00 bits per heavy atom. The quantitative estimate of drug-likeness (QED) is 0.359. The van der Waals surface area contributed by atoms with Crippen LogP contribution in [-0.2, 0) is 5.11 Å². The van der Waals surface area contributed by atoms with Crippen molar-refractivity contribution >= 4 is 0 Å². The van der Waals surface area contributed by atoms with Gasteiger partial charge in [0.1, 0.15) is 13.2 Å². The second-order valence-electron chi connectivity index (χ2n) is 2.00. The van der Waals surface area contributed by atoms with E-state index < -0.39 is 4.65 Å². The summed E-state index contributed by atoms with van der Waals surface area (Å²) in [6, 6.07) is 0. The van der Waals surface area contributed by atoms with E-state index in [-0.39, 0.29) is 13.2 Å². The summed E-state index contributed by atoms with van der Waals surface area (Å²) in [4.78, 5) is 0. The Morgan fingerprint density at radius 1 is 1.57 bits per heavy atom. The second kappa shape index (κ2) is 2.26.